The number of amides is 1. The number of carboxylic acids is 1. The molecule has 0 aliphatic rings. The molecule has 0 bridgehead atoms. The van der Waals surface area contributed by atoms with Gasteiger partial charge < -0.3 is 10.0 Å². The molecule has 0 saturated heterocycles. The monoisotopic (exact) mass is 281 g/mol. The largest absolute Gasteiger partial charge is 0.478 e. The standard InChI is InChI=1S/C14H19NO3S/c1-3-4-5-9-15(2)14(18)13-11(8-10-19-13)6-7-12(16)17/h6-8,10H,3-5,9H2,1-2H3,(H,16,17). The van der Waals surface area contributed by atoms with E-state index in [0.717, 1.165) is 31.9 Å². The molecule has 1 heterocycles. The van der Waals surface area contributed by atoms with E-state index < -0.39 is 5.97 Å². The molecule has 0 saturated carbocycles. The molecule has 0 spiro atoms. The van der Waals surface area contributed by atoms with E-state index in [9.17, 15) is 9.59 Å². The van der Waals surface area contributed by atoms with Crippen LogP contribution < -0.4 is 0 Å². The zero-order valence-corrected chi connectivity index (χ0v) is 12.1. The zero-order chi connectivity index (χ0) is 14.3. The van der Waals surface area contributed by atoms with Crippen LogP contribution in [0.2, 0.25) is 0 Å². The van der Waals surface area contributed by atoms with Gasteiger partial charge in [-0.25, -0.2) is 4.79 Å². The predicted molar refractivity (Wildman–Crippen MR) is 77.5 cm³/mol. The fraction of sp³-hybridized carbons (Fsp3) is 0.429. The minimum Gasteiger partial charge on any atom is -0.478 e. The number of nitrogens with zero attached hydrogens (tertiary/aromatic N) is 1. The average Bonchev–Trinajstić information content (AvgIpc) is 2.83. The fourth-order valence-corrected chi connectivity index (χ4v) is 2.54. The van der Waals surface area contributed by atoms with Gasteiger partial charge in [0.05, 0.1) is 4.88 Å². The van der Waals surface area contributed by atoms with Gasteiger partial charge in [-0.3, -0.25) is 4.79 Å². The Kier molecular flexibility index (Phi) is 6.29. The smallest absolute Gasteiger partial charge is 0.328 e. The van der Waals surface area contributed by atoms with Crippen LogP contribution in [-0.2, 0) is 4.79 Å². The van der Waals surface area contributed by atoms with Crippen LogP contribution in [0.4, 0.5) is 0 Å². The van der Waals surface area contributed by atoms with Gasteiger partial charge in [-0.1, -0.05) is 19.8 Å². The van der Waals surface area contributed by atoms with Crippen molar-refractivity contribution in [2.45, 2.75) is 26.2 Å². The van der Waals surface area contributed by atoms with Crippen molar-refractivity contribution in [3.63, 3.8) is 0 Å². The minimum atomic E-state index is -1.01. The number of hydrogen-bond acceptors (Lipinski definition) is 3. The summed E-state index contributed by atoms with van der Waals surface area (Å²) in [7, 11) is 1.78. The SMILES string of the molecule is CCCCCN(C)C(=O)c1sccc1C=CC(=O)O. The molecule has 0 aliphatic heterocycles. The van der Waals surface area contributed by atoms with Crippen LogP contribution in [0.1, 0.15) is 41.4 Å². The second kappa shape index (κ2) is 7.74. The lowest BCUT2D eigenvalue weighted by Crippen LogP contribution is -2.27. The van der Waals surface area contributed by atoms with Crippen LogP contribution in [0, 0.1) is 0 Å². The molecule has 0 atom stereocenters. The zero-order valence-electron chi connectivity index (χ0n) is 11.3. The normalized spacial score (nSPS) is 10.8. The number of unbranched alkanes of at least 4 members (excludes halogenated alkanes) is 2. The molecule has 1 N–H and O–H groups in total. The van der Waals surface area contributed by atoms with Crippen LogP contribution >= 0.6 is 11.3 Å². The number of carboxylic acid groups (broad SMARTS) is 1. The first-order chi connectivity index (χ1) is 9.06. The predicted octanol–water partition coefficient (Wildman–Crippen LogP) is 3.11. The van der Waals surface area contributed by atoms with Crippen molar-refractivity contribution in [3.8, 4) is 0 Å². The molecule has 0 aliphatic carbocycles. The Morgan fingerprint density at radius 2 is 2.16 bits per heavy atom. The Hall–Kier alpha value is -1.62. The van der Waals surface area contributed by atoms with Crippen molar-refractivity contribution in [3.05, 3.63) is 28.0 Å². The van der Waals surface area contributed by atoms with Crippen LogP contribution in [-0.4, -0.2) is 35.5 Å². The van der Waals surface area contributed by atoms with Crippen molar-refractivity contribution in [1.29, 1.82) is 0 Å². The van der Waals surface area contributed by atoms with Crippen LogP contribution in [0.5, 0.6) is 0 Å². The number of thiophene rings is 1. The first kappa shape index (κ1) is 15.4. The van der Waals surface area contributed by atoms with Gasteiger partial charge in [0.1, 0.15) is 0 Å². The van der Waals surface area contributed by atoms with Crippen molar-refractivity contribution in [1.82, 2.24) is 4.90 Å². The van der Waals surface area contributed by atoms with E-state index in [1.165, 1.54) is 17.4 Å². The van der Waals surface area contributed by atoms with Gasteiger partial charge in [-0.2, -0.15) is 0 Å². The lowest BCUT2D eigenvalue weighted by Gasteiger charge is -2.16. The molecule has 1 amide bonds. The second-order valence-electron chi connectivity index (χ2n) is 4.31. The molecule has 0 fully saturated rings. The third-order valence-electron chi connectivity index (χ3n) is 2.74. The highest BCUT2D eigenvalue weighted by molar-refractivity contribution is 7.12. The van der Waals surface area contributed by atoms with Crippen LogP contribution in [0.15, 0.2) is 17.5 Å². The molecule has 0 aromatic carbocycles. The van der Waals surface area contributed by atoms with E-state index in [1.807, 2.05) is 0 Å². The number of hydrogen-bond donors (Lipinski definition) is 1. The van der Waals surface area contributed by atoms with Gasteiger partial charge in [-0.15, -0.1) is 11.3 Å². The quantitative estimate of drug-likeness (QED) is 0.617. The molecular formula is C14H19NO3S. The third kappa shape index (κ3) is 4.87. The molecular weight excluding hydrogens is 262 g/mol. The molecule has 1 aromatic heterocycles. The van der Waals surface area contributed by atoms with Crippen LogP contribution in [0.25, 0.3) is 6.08 Å². The van der Waals surface area contributed by atoms with E-state index in [2.05, 4.69) is 6.92 Å². The van der Waals surface area contributed by atoms with Gasteiger partial charge in [0, 0.05) is 19.7 Å². The summed E-state index contributed by atoms with van der Waals surface area (Å²) in [4.78, 5) is 25.0. The van der Waals surface area contributed by atoms with Gasteiger partial charge in [0.2, 0.25) is 0 Å². The molecule has 1 aromatic rings. The van der Waals surface area contributed by atoms with Crippen molar-refractivity contribution < 1.29 is 14.7 Å². The van der Waals surface area contributed by atoms with E-state index in [-0.39, 0.29) is 5.91 Å². The fourth-order valence-electron chi connectivity index (χ4n) is 1.66. The number of carbonyl (C=O) groups excluding carboxylic acids is 1. The maximum absolute atomic E-state index is 12.2. The van der Waals surface area contributed by atoms with E-state index in [1.54, 1.807) is 23.4 Å². The summed E-state index contributed by atoms with van der Waals surface area (Å²) in [6.07, 6.45) is 5.73. The summed E-state index contributed by atoms with van der Waals surface area (Å²) in [5, 5.41) is 10.4. The highest BCUT2D eigenvalue weighted by atomic mass is 32.1. The molecule has 1 rings (SSSR count). The Balaban J connectivity index is 2.71. The third-order valence-corrected chi connectivity index (χ3v) is 3.66. The maximum Gasteiger partial charge on any atom is 0.328 e. The Morgan fingerprint density at radius 3 is 2.79 bits per heavy atom. The average molecular weight is 281 g/mol. The number of carbonyl (C=O) groups is 2. The summed E-state index contributed by atoms with van der Waals surface area (Å²) < 4.78 is 0. The lowest BCUT2D eigenvalue weighted by atomic mass is 10.2. The van der Waals surface area contributed by atoms with Crippen molar-refractivity contribution >= 4 is 29.3 Å². The molecule has 104 valence electrons. The highest BCUT2D eigenvalue weighted by Crippen LogP contribution is 2.20. The molecule has 0 radical (unpaired) electrons. The summed E-state index contributed by atoms with van der Waals surface area (Å²) in [5.74, 6) is -1.06. The van der Waals surface area contributed by atoms with E-state index in [0.29, 0.717) is 10.4 Å². The minimum absolute atomic E-state index is 0.0452. The molecule has 4 nitrogen and oxygen atoms in total. The lowest BCUT2D eigenvalue weighted by molar-refractivity contribution is -0.131. The highest BCUT2D eigenvalue weighted by Gasteiger charge is 2.15. The van der Waals surface area contributed by atoms with Crippen molar-refractivity contribution in [2.75, 3.05) is 13.6 Å². The van der Waals surface area contributed by atoms with Gasteiger partial charge in [0.25, 0.3) is 5.91 Å². The topological polar surface area (TPSA) is 57.6 Å². The Labute approximate surface area is 117 Å². The number of aliphatic carboxylic acids is 1. The van der Waals surface area contributed by atoms with E-state index >= 15 is 0 Å². The summed E-state index contributed by atoms with van der Waals surface area (Å²) >= 11 is 1.34. The van der Waals surface area contributed by atoms with Gasteiger partial charge >= 0.3 is 5.97 Å². The first-order valence-corrected chi connectivity index (χ1v) is 7.18. The van der Waals surface area contributed by atoms with Crippen molar-refractivity contribution in [2.24, 2.45) is 0 Å². The summed E-state index contributed by atoms with van der Waals surface area (Å²) in [5.41, 5.74) is 0.666. The van der Waals surface area contributed by atoms with Gasteiger partial charge in [0.15, 0.2) is 0 Å². The second-order valence-corrected chi connectivity index (χ2v) is 5.23. The molecule has 19 heavy (non-hydrogen) atoms. The van der Waals surface area contributed by atoms with Gasteiger partial charge in [-0.05, 0) is 29.5 Å². The summed E-state index contributed by atoms with van der Waals surface area (Å²) in [6, 6.07) is 1.76. The van der Waals surface area contributed by atoms with E-state index in [4.69, 9.17) is 5.11 Å². The molecule has 0 unspecified atom stereocenters. The number of rotatable bonds is 7. The Bertz CT molecular complexity index is 465. The Morgan fingerprint density at radius 1 is 1.42 bits per heavy atom. The molecule has 5 heteroatoms. The van der Waals surface area contributed by atoms with Crippen LogP contribution in [0.3, 0.4) is 0 Å². The maximum atomic E-state index is 12.2. The first-order valence-electron chi connectivity index (χ1n) is 6.30. The summed E-state index contributed by atoms with van der Waals surface area (Å²) in [6.45, 7) is 2.85.